The molecule has 0 amide bonds. The maximum absolute atomic E-state index is 5.89. The number of benzene rings is 2. The molecule has 3 aromatic heterocycles. The summed E-state index contributed by atoms with van der Waals surface area (Å²) in [5.74, 6) is 4.03. The molecule has 6 rings (SSSR count). The summed E-state index contributed by atoms with van der Waals surface area (Å²) in [6.07, 6.45) is 0. The van der Waals surface area contributed by atoms with Crippen LogP contribution in [0.5, 0.6) is 17.2 Å². The maximum Gasteiger partial charge on any atom is 0.280 e. The first-order valence-electron chi connectivity index (χ1n) is 10.8. The fourth-order valence-electron chi connectivity index (χ4n) is 3.75. The van der Waals surface area contributed by atoms with Crippen LogP contribution in [0.2, 0.25) is 0 Å². The van der Waals surface area contributed by atoms with Gasteiger partial charge in [-0.05, 0) is 56.3 Å². The highest BCUT2D eigenvalue weighted by molar-refractivity contribution is 5.63. The van der Waals surface area contributed by atoms with Gasteiger partial charge in [-0.15, -0.1) is 5.10 Å². The fourth-order valence-corrected chi connectivity index (χ4v) is 3.75. The first kappa shape index (κ1) is 20.9. The topological polar surface area (TPSA) is 123 Å². The maximum atomic E-state index is 5.89. The van der Waals surface area contributed by atoms with Crippen molar-refractivity contribution in [3.8, 4) is 51.7 Å². The minimum atomic E-state index is 0.200. The molecule has 176 valence electrons. The Morgan fingerprint density at radius 1 is 0.943 bits per heavy atom. The zero-order valence-electron chi connectivity index (χ0n) is 19.2. The van der Waals surface area contributed by atoms with Crippen molar-refractivity contribution < 1.29 is 23.2 Å². The molecule has 0 saturated heterocycles. The van der Waals surface area contributed by atoms with E-state index in [1.165, 1.54) is 0 Å². The number of aryl methyl sites for hydroxylation is 1. The third-order valence-corrected chi connectivity index (χ3v) is 5.77. The van der Waals surface area contributed by atoms with E-state index in [1.807, 2.05) is 56.3 Å². The van der Waals surface area contributed by atoms with E-state index in [2.05, 4.69) is 25.4 Å². The molecule has 5 aromatic rings. The Balaban J connectivity index is 1.23. The number of hydrogen-bond acceptors (Lipinski definition) is 10. The molecule has 0 radical (unpaired) electrons. The van der Waals surface area contributed by atoms with Crippen molar-refractivity contribution in [1.29, 1.82) is 0 Å². The highest BCUT2D eigenvalue weighted by Crippen LogP contribution is 2.35. The van der Waals surface area contributed by atoms with Gasteiger partial charge in [0.25, 0.3) is 5.89 Å². The van der Waals surface area contributed by atoms with Crippen molar-refractivity contribution in [2.75, 3.05) is 13.9 Å². The lowest BCUT2D eigenvalue weighted by atomic mass is 10.2. The smallest absolute Gasteiger partial charge is 0.280 e. The van der Waals surface area contributed by atoms with Gasteiger partial charge in [0.2, 0.25) is 18.5 Å². The van der Waals surface area contributed by atoms with Crippen molar-refractivity contribution in [3.63, 3.8) is 0 Å². The lowest BCUT2D eigenvalue weighted by Crippen LogP contribution is -2.05. The summed E-state index contributed by atoms with van der Waals surface area (Å²) < 4.78 is 29.1. The highest BCUT2D eigenvalue weighted by atomic mass is 16.7. The SMILES string of the molecule is COc1ccc(-c2nc(Cn3nnc(-c4nc(-c5ccc6c(c5)OCO6)no4)c3C)c(C)o2)cc1. The largest absolute Gasteiger partial charge is 0.497 e. The van der Waals surface area contributed by atoms with Crippen LogP contribution in [0, 0.1) is 13.8 Å². The zero-order valence-corrected chi connectivity index (χ0v) is 19.2. The van der Waals surface area contributed by atoms with Gasteiger partial charge in [0, 0.05) is 11.1 Å². The van der Waals surface area contributed by atoms with E-state index in [0.29, 0.717) is 41.2 Å². The van der Waals surface area contributed by atoms with Crippen molar-refractivity contribution in [2.45, 2.75) is 20.4 Å². The molecule has 0 saturated carbocycles. The van der Waals surface area contributed by atoms with Crippen LogP contribution < -0.4 is 14.2 Å². The van der Waals surface area contributed by atoms with E-state index in [9.17, 15) is 0 Å². The molecule has 1 aliphatic rings. The summed E-state index contributed by atoms with van der Waals surface area (Å²) in [5.41, 5.74) is 3.62. The third kappa shape index (κ3) is 3.76. The minimum absolute atomic E-state index is 0.200. The van der Waals surface area contributed by atoms with Crippen molar-refractivity contribution in [2.24, 2.45) is 0 Å². The van der Waals surface area contributed by atoms with Gasteiger partial charge in [0.05, 0.1) is 19.3 Å². The number of ether oxygens (including phenoxy) is 3. The molecule has 35 heavy (non-hydrogen) atoms. The normalized spacial score (nSPS) is 12.3. The second-order valence-corrected chi connectivity index (χ2v) is 7.92. The number of oxazole rings is 1. The van der Waals surface area contributed by atoms with Crippen LogP contribution in [0.25, 0.3) is 34.4 Å². The molecule has 4 heterocycles. The predicted molar refractivity (Wildman–Crippen MR) is 122 cm³/mol. The molecule has 0 spiro atoms. The van der Waals surface area contributed by atoms with Gasteiger partial charge in [0.15, 0.2) is 17.2 Å². The number of hydrogen-bond donors (Lipinski definition) is 0. The van der Waals surface area contributed by atoms with E-state index in [4.69, 9.17) is 23.2 Å². The lowest BCUT2D eigenvalue weighted by Gasteiger charge is -2.01. The van der Waals surface area contributed by atoms with Crippen LogP contribution in [-0.2, 0) is 6.54 Å². The second-order valence-electron chi connectivity index (χ2n) is 7.92. The summed E-state index contributed by atoms with van der Waals surface area (Å²) >= 11 is 0. The van der Waals surface area contributed by atoms with Crippen LogP contribution in [-0.4, -0.2) is 44.0 Å². The van der Waals surface area contributed by atoms with E-state index in [0.717, 1.165) is 28.3 Å². The Bertz CT molecular complexity index is 1520. The van der Waals surface area contributed by atoms with Crippen molar-refractivity contribution in [1.82, 2.24) is 30.1 Å². The first-order valence-corrected chi connectivity index (χ1v) is 10.8. The monoisotopic (exact) mass is 472 g/mol. The summed E-state index contributed by atoms with van der Waals surface area (Å²) in [7, 11) is 1.63. The fraction of sp³-hybridized carbons (Fsp3) is 0.208. The standard InChI is InChI=1S/C24H20N6O5/c1-13-21(24-26-22(28-35-24)16-6-9-19-20(10-16)33-12-32-19)27-29-30(13)11-18-14(2)34-23(25-18)15-4-7-17(31-3)8-5-15/h4-10H,11-12H2,1-3H3. The molecule has 0 aliphatic carbocycles. The summed E-state index contributed by atoms with van der Waals surface area (Å²) in [6.45, 7) is 4.34. The number of rotatable bonds is 6. The van der Waals surface area contributed by atoms with E-state index in [1.54, 1.807) is 11.8 Å². The van der Waals surface area contributed by atoms with Gasteiger partial charge < -0.3 is 23.2 Å². The molecule has 0 fully saturated rings. The van der Waals surface area contributed by atoms with E-state index in [-0.39, 0.29) is 12.7 Å². The van der Waals surface area contributed by atoms with Crippen LogP contribution in [0.15, 0.2) is 51.4 Å². The lowest BCUT2D eigenvalue weighted by molar-refractivity contribution is 0.174. The molecule has 2 aromatic carbocycles. The molecule has 0 atom stereocenters. The Labute approximate surface area is 199 Å². The van der Waals surface area contributed by atoms with Crippen LogP contribution in [0.4, 0.5) is 0 Å². The number of methoxy groups -OCH3 is 1. The Hall–Kier alpha value is -4.67. The number of nitrogens with zero attached hydrogens (tertiary/aromatic N) is 6. The Morgan fingerprint density at radius 2 is 1.74 bits per heavy atom. The highest BCUT2D eigenvalue weighted by Gasteiger charge is 2.21. The molecular formula is C24H20N6O5. The quantitative estimate of drug-likeness (QED) is 0.357. The molecule has 0 unspecified atom stereocenters. The Morgan fingerprint density at radius 3 is 2.57 bits per heavy atom. The number of fused-ring (bicyclic) bond motifs is 1. The van der Waals surface area contributed by atoms with Gasteiger partial charge in [-0.3, -0.25) is 0 Å². The summed E-state index contributed by atoms with van der Waals surface area (Å²) in [5, 5.41) is 12.6. The van der Waals surface area contributed by atoms with Crippen LogP contribution >= 0.6 is 0 Å². The van der Waals surface area contributed by atoms with E-state index >= 15 is 0 Å². The van der Waals surface area contributed by atoms with Crippen molar-refractivity contribution in [3.05, 3.63) is 59.6 Å². The molecular weight excluding hydrogens is 452 g/mol. The number of aromatic nitrogens is 6. The second kappa shape index (κ2) is 8.28. The van der Waals surface area contributed by atoms with Gasteiger partial charge in [-0.2, -0.15) is 4.98 Å². The van der Waals surface area contributed by atoms with Gasteiger partial charge in [-0.25, -0.2) is 9.67 Å². The first-order chi connectivity index (χ1) is 17.1. The summed E-state index contributed by atoms with van der Waals surface area (Å²) in [6, 6.07) is 13.0. The molecule has 1 aliphatic heterocycles. The van der Waals surface area contributed by atoms with E-state index < -0.39 is 0 Å². The molecule has 0 bridgehead atoms. The van der Waals surface area contributed by atoms with Gasteiger partial charge in [0.1, 0.15) is 17.2 Å². The molecule has 0 N–H and O–H groups in total. The minimum Gasteiger partial charge on any atom is -0.497 e. The van der Waals surface area contributed by atoms with Crippen LogP contribution in [0.1, 0.15) is 17.1 Å². The third-order valence-electron chi connectivity index (χ3n) is 5.77. The predicted octanol–water partition coefficient (Wildman–Crippen LogP) is 4.05. The van der Waals surface area contributed by atoms with Gasteiger partial charge in [-0.1, -0.05) is 10.4 Å². The molecule has 11 nitrogen and oxygen atoms in total. The van der Waals surface area contributed by atoms with Crippen molar-refractivity contribution >= 4 is 0 Å². The zero-order chi connectivity index (χ0) is 23.9. The molecule has 11 heteroatoms. The van der Waals surface area contributed by atoms with Crippen LogP contribution in [0.3, 0.4) is 0 Å². The average Bonchev–Trinajstić information content (AvgIpc) is 3.67. The van der Waals surface area contributed by atoms with Gasteiger partial charge >= 0.3 is 0 Å². The average molecular weight is 472 g/mol. The summed E-state index contributed by atoms with van der Waals surface area (Å²) in [4.78, 5) is 9.16. The Kier molecular flexibility index (Phi) is 4.94.